The Hall–Kier alpha value is -2.33. The highest BCUT2D eigenvalue weighted by molar-refractivity contribution is 6.31. The zero-order chi connectivity index (χ0) is 18.6. The van der Waals surface area contributed by atoms with E-state index in [9.17, 15) is 9.59 Å². The number of ether oxygens (including phenoxy) is 1. The van der Waals surface area contributed by atoms with Crippen molar-refractivity contribution in [2.24, 2.45) is 0 Å². The van der Waals surface area contributed by atoms with Gasteiger partial charge in [0.2, 0.25) is 0 Å². The van der Waals surface area contributed by atoms with Crippen molar-refractivity contribution in [2.75, 3.05) is 5.32 Å². The van der Waals surface area contributed by atoms with E-state index in [0.717, 1.165) is 16.7 Å². The minimum atomic E-state index is -0.891. The molecule has 132 valence electrons. The molecule has 0 aliphatic rings. The first-order chi connectivity index (χ1) is 11.8. The summed E-state index contributed by atoms with van der Waals surface area (Å²) < 4.78 is 5.24. The third-order valence-electron chi connectivity index (χ3n) is 4.05. The lowest BCUT2D eigenvalue weighted by Crippen LogP contribution is -2.30. The van der Waals surface area contributed by atoms with Crippen LogP contribution in [-0.2, 0) is 20.7 Å². The van der Waals surface area contributed by atoms with Gasteiger partial charge in [0.15, 0.2) is 6.10 Å². The minimum absolute atomic E-state index is 0.134. The molecule has 2 aromatic carbocycles. The molecule has 0 bridgehead atoms. The number of esters is 1. The van der Waals surface area contributed by atoms with Crippen LogP contribution in [0.2, 0.25) is 5.02 Å². The quantitative estimate of drug-likeness (QED) is 0.806. The summed E-state index contributed by atoms with van der Waals surface area (Å²) in [7, 11) is 0. The molecule has 2 aromatic rings. The SMILES string of the molecule is Cc1ccc(CC(=O)O[C@@H](C)C(=O)Nc2cc(Cl)ccc2C)cc1C. The first kappa shape index (κ1) is 19.0. The van der Waals surface area contributed by atoms with Gasteiger partial charge in [0.25, 0.3) is 5.91 Å². The van der Waals surface area contributed by atoms with Gasteiger partial charge in [0.05, 0.1) is 6.42 Å². The van der Waals surface area contributed by atoms with Crippen LogP contribution in [0.4, 0.5) is 5.69 Å². The highest BCUT2D eigenvalue weighted by atomic mass is 35.5. The van der Waals surface area contributed by atoms with Gasteiger partial charge in [-0.1, -0.05) is 35.9 Å². The van der Waals surface area contributed by atoms with Crippen molar-refractivity contribution >= 4 is 29.2 Å². The van der Waals surface area contributed by atoms with Gasteiger partial charge in [0.1, 0.15) is 0 Å². The van der Waals surface area contributed by atoms with Gasteiger partial charge in [0, 0.05) is 10.7 Å². The number of carbonyl (C=O) groups is 2. The normalized spacial score (nSPS) is 11.7. The molecule has 1 atom stereocenters. The van der Waals surface area contributed by atoms with E-state index in [0.29, 0.717) is 10.7 Å². The summed E-state index contributed by atoms with van der Waals surface area (Å²) in [5, 5.41) is 3.26. The smallest absolute Gasteiger partial charge is 0.311 e. The average molecular weight is 360 g/mol. The third-order valence-corrected chi connectivity index (χ3v) is 4.29. The van der Waals surface area contributed by atoms with Crippen LogP contribution >= 0.6 is 11.6 Å². The molecule has 0 aromatic heterocycles. The van der Waals surface area contributed by atoms with E-state index in [1.165, 1.54) is 5.56 Å². The van der Waals surface area contributed by atoms with Gasteiger partial charge < -0.3 is 10.1 Å². The van der Waals surface area contributed by atoms with Gasteiger partial charge in [-0.3, -0.25) is 9.59 Å². The lowest BCUT2D eigenvalue weighted by Gasteiger charge is -2.15. The van der Waals surface area contributed by atoms with E-state index in [1.807, 2.05) is 45.0 Å². The van der Waals surface area contributed by atoms with E-state index in [-0.39, 0.29) is 12.3 Å². The molecule has 0 heterocycles. The zero-order valence-electron chi connectivity index (χ0n) is 14.9. The van der Waals surface area contributed by atoms with E-state index >= 15 is 0 Å². The van der Waals surface area contributed by atoms with Crippen LogP contribution in [-0.4, -0.2) is 18.0 Å². The monoisotopic (exact) mass is 359 g/mol. The van der Waals surface area contributed by atoms with Crippen molar-refractivity contribution in [1.29, 1.82) is 0 Å². The van der Waals surface area contributed by atoms with Crippen molar-refractivity contribution in [3.05, 3.63) is 63.7 Å². The van der Waals surface area contributed by atoms with Crippen LogP contribution in [0.25, 0.3) is 0 Å². The lowest BCUT2D eigenvalue weighted by atomic mass is 10.0. The second kappa shape index (κ2) is 8.17. The van der Waals surface area contributed by atoms with Gasteiger partial charge in [-0.05, 0) is 62.1 Å². The molecule has 25 heavy (non-hydrogen) atoms. The summed E-state index contributed by atoms with van der Waals surface area (Å²) in [6.07, 6.45) is -0.757. The Morgan fingerprint density at radius 3 is 2.40 bits per heavy atom. The largest absolute Gasteiger partial charge is 0.452 e. The van der Waals surface area contributed by atoms with E-state index < -0.39 is 12.1 Å². The average Bonchev–Trinajstić information content (AvgIpc) is 2.54. The van der Waals surface area contributed by atoms with Crippen molar-refractivity contribution in [3.63, 3.8) is 0 Å². The molecule has 0 saturated carbocycles. The number of aryl methyl sites for hydroxylation is 3. The number of nitrogens with one attached hydrogen (secondary N) is 1. The molecular weight excluding hydrogens is 338 g/mol. The number of rotatable bonds is 5. The molecule has 0 unspecified atom stereocenters. The maximum atomic E-state index is 12.2. The molecule has 0 saturated heterocycles. The number of hydrogen-bond acceptors (Lipinski definition) is 3. The summed E-state index contributed by atoms with van der Waals surface area (Å²) in [5.41, 5.74) is 4.64. The molecule has 1 N–H and O–H groups in total. The Kier molecular flexibility index (Phi) is 6.21. The maximum absolute atomic E-state index is 12.2. The highest BCUT2D eigenvalue weighted by Crippen LogP contribution is 2.20. The van der Waals surface area contributed by atoms with E-state index in [2.05, 4.69) is 5.32 Å². The van der Waals surface area contributed by atoms with Gasteiger partial charge in [-0.15, -0.1) is 0 Å². The molecule has 4 nitrogen and oxygen atoms in total. The molecule has 5 heteroatoms. The molecule has 1 amide bonds. The lowest BCUT2D eigenvalue weighted by molar-refractivity contribution is -0.152. The van der Waals surface area contributed by atoms with E-state index in [4.69, 9.17) is 16.3 Å². The van der Waals surface area contributed by atoms with Crippen molar-refractivity contribution in [1.82, 2.24) is 0 Å². The maximum Gasteiger partial charge on any atom is 0.311 e. The number of halogens is 1. The Morgan fingerprint density at radius 1 is 1.04 bits per heavy atom. The number of benzene rings is 2. The topological polar surface area (TPSA) is 55.4 Å². The first-order valence-corrected chi connectivity index (χ1v) is 8.46. The van der Waals surface area contributed by atoms with Gasteiger partial charge >= 0.3 is 5.97 Å². The fourth-order valence-corrected chi connectivity index (χ4v) is 2.51. The fraction of sp³-hybridized carbons (Fsp3) is 0.300. The van der Waals surface area contributed by atoms with Crippen LogP contribution < -0.4 is 5.32 Å². The molecule has 0 aliphatic heterocycles. The first-order valence-electron chi connectivity index (χ1n) is 8.09. The molecule has 0 spiro atoms. The number of anilines is 1. The summed E-state index contributed by atoms with van der Waals surface area (Å²) in [4.78, 5) is 24.3. The molecule has 2 rings (SSSR count). The highest BCUT2D eigenvalue weighted by Gasteiger charge is 2.19. The fourth-order valence-electron chi connectivity index (χ4n) is 2.34. The number of hydrogen-bond donors (Lipinski definition) is 1. The van der Waals surface area contributed by atoms with Crippen molar-refractivity contribution < 1.29 is 14.3 Å². The Labute approximate surface area is 153 Å². The predicted octanol–water partition coefficient (Wildman–Crippen LogP) is 4.38. The summed E-state index contributed by atoms with van der Waals surface area (Å²) in [5.74, 6) is -0.826. The van der Waals surface area contributed by atoms with Gasteiger partial charge in [-0.2, -0.15) is 0 Å². The predicted molar refractivity (Wildman–Crippen MR) is 100.0 cm³/mol. The number of amides is 1. The minimum Gasteiger partial charge on any atom is -0.452 e. The Morgan fingerprint density at radius 2 is 1.72 bits per heavy atom. The molecule has 0 radical (unpaired) electrons. The zero-order valence-corrected chi connectivity index (χ0v) is 15.6. The van der Waals surface area contributed by atoms with Gasteiger partial charge in [-0.25, -0.2) is 0 Å². The summed E-state index contributed by atoms with van der Waals surface area (Å²) in [6.45, 7) is 7.42. The second-order valence-corrected chi connectivity index (χ2v) is 6.61. The number of carbonyl (C=O) groups excluding carboxylic acids is 2. The summed E-state index contributed by atoms with van der Waals surface area (Å²) >= 11 is 5.94. The third kappa shape index (κ3) is 5.33. The van der Waals surface area contributed by atoms with Crippen LogP contribution in [0.5, 0.6) is 0 Å². The van der Waals surface area contributed by atoms with Crippen LogP contribution in [0.3, 0.4) is 0 Å². The van der Waals surface area contributed by atoms with Crippen LogP contribution in [0.15, 0.2) is 36.4 Å². The second-order valence-electron chi connectivity index (χ2n) is 6.18. The Balaban J connectivity index is 1.94. The van der Waals surface area contributed by atoms with Crippen molar-refractivity contribution in [2.45, 2.75) is 40.2 Å². The Bertz CT molecular complexity index is 802. The van der Waals surface area contributed by atoms with Crippen molar-refractivity contribution in [3.8, 4) is 0 Å². The molecular formula is C20H22ClNO3. The summed E-state index contributed by atoms with van der Waals surface area (Å²) in [6, 6.07) is 11.0. The molecule has 0 fully saturated rings. The van der Waals surface area contributed by atoms with Crippen LogP contribution in [0, 0.1) is 20.8 Å². The standard InChI is InChI=1S/C20H22ClNO3/c1-12-5-7-16(9-14(12)3)10-19(23)25-15(4)20(24)22-18-11-17(21)8-6-13(18)2/h5-9,11,15H,10H2,1-4H3,(H,22,24)/t15-/m0/s1. The van der Waals surface area contributed by atoms with Crippen LogP contribution in [0.1, 0.15) is 29.2 Å². The molecule has 0 aliphatic carbocycles. The van der Waals surface area contributed by atoms with E-state index in [1.54, 1.807) is 19.1 Å².